The summed E-state index contributed by atoms with van der Waals surface area (Å²) in [6, 6.07) is 15.3. The maximum absolute atomic E-state index is 12.7. The Morgan fingerprint density at radius 2 is 1.73 bits per heavy atom. The zero-order valence-electron chi connectivity index (χ0n) is 14.5. The molecule has 1 atom stereocenters. The van der Waals surface area contributed by atoms with Crippen LogP contribution in [0.4, 0.5) is 0 Å². The van der Waals surface area contributed by atoms with Crippen LogP contribution in [-0.4, -0.2) is 28.2 Å². The number of carbonyl (C=O) groups excluding carboxylic acids is 2. The topological polar surface area (TPSA) is 57.6 Å². The Morgan fingerprint density at radius 3 is 2.35 bits per heavy atom. The molecule has 1 unspecified atom stereocenters. The zero-order valence-corrected chi connectivity index (χ0v) is 15.2. The van der Waals surface area contributed by atoms with Gasteiger partial charge in [0.25, 0.3) is 11.7 Å². The van der Waals surface area contributed by atoms with Crippen LogP contribution in [0, 0.1) is 0 Å². The average molecular weight is 370 g/mol. The van der Waals surface area contributed by atoms with Crippen LogP contribution < -0.4 is 0 Å². The molecular weight excluding hydrogens is 350 g/mol. The van der Waals surface area contributed by atoms with Crippen LogP contribution in [0.3, 0.4) is 0 Å². The first kappa shape index (κ1) is 18.2. The molecule has 1 N–H and O–H groups in total. The Balaban J connectivity index is 2.14. The van der Waals surface area contributed by atoms with Crippen LogP contribution >= 0.6 is 11.6 Å². The van der Waals surface area contributed by atoms with Gasteiger partial charge < -0.3 is 10.0 Å². The van der Waals surface area contributed by atoms with Crippen molar-refractivity contribution in [3.63, 3.8) is 0 Å². The molecule has 134 valence electrons. The van der Waals surface area contributed by atoms with E-state index in [0.29, 0.717) is 17.1 Å². The molecule has 0 aliphatic carbocycles. The molecule has 1 aliphatic rings. The van der Waals surface area contributed by atoms with Crippen molar-refractivity contribution in [3.8, 4) is 0 Å². The summed E-state index contributed by atoms with van der Waals surface area (Å²) in [6.45, 7) is 2.50. The lowest BCUT2D eigenvalue weighted by Gasteiger charge is -2.25. The quantitative estimate of drug-likeness (QED) is 0.477. The summed E-state index contributed by atoms with van der Waals surface area (Å²) in [5.74, 6) is -1.39. The van der Waals surface area contributed by atoms with Gasteiger partial charge in [0.2, 0.25) is 0 Å². The Morgan fingerprint density at radius 1 is 1.08 bits per heavy atom. The van der Waals surface area contributed by atoms with Gasteiger partial charge in [-0.15, -0.1) is 0 Å². The predicted molar refractivity (Wildman–Crippen MR) is 102 cm³/mol. The SMILES string of the molecule is CCCCN1C(=O)C(=O)C(=C(O)c2ccc(Cl)cc2)C1c1ccccc1. The molecule has 1 amide bonds. The van der Waals surface area contributed by atoms with Gasteiger partial charge in [0.1, 0.15) is 5.76 Å². The molecule has 3 rings (SSSR count). The third kappa shape index (κ3) is 3.37. The third-order valence-corrected chi connectivity index (χ3v) is 4.78. The summed E-state index contributed by atoms with van der Waals surface area (Å²) < 4.78 is 0. The number of hydrogen-bond acceptors (Lipinski definition) is 3. The molecule has 1 heterocycles. The number of Topliss-reactive ketones (excluding diaryl/α,β-unsaturated/α-hetero) is 1. The second kappa shape index (κ2) is 7.75. The predicted octanol–water partition coefficient (Wildman–Crippen LogP) is 4.56. The van der Waals surface area contributed by atoms with E-state index in [1.54, 1.807) is 29.2 Å². The van der Waals surface area contributed by atoms with E-state index in [4.69, 9.17) is 11.6 Å². The Labute approximate surface area is 157 Å². The molecular formula is C21H20ClNO3. The number of aliphatic hydroxyl groups is 1. The highest BCUT2D eigenvalue weighted by molar-refractivity contribution is 6.46. The van der Waals surface area contributed by atoms with E-state index in [0.717, 1.165) is 18.4 Å². The van der Waals surface area contributed by atoms with Gasteiger partial charge in [-0.25, -0.2) is 0 Å². The van der Waals surface area contributed by atoms with Crippen molar-refractivity contribution in [2.45, 2.75) is 25.8 Å². The Bertz CT molecular complexity index is 843. The summed E-state index contributed by atoms with van der Waals surface area (Å²) >= 11 is 5.91. The fourth-order valence-corrected chi connectivity index (χ4v) is 3.31. The molecule has 4 nitrogen and oxygen atoms in total. The molecule has 0 bridgehead atoms. The highest BCUT2D eigenvalue weighted by Crippen LogP contribution is 2.39. The van der Waals surface area contributed by atoms with Gasteiger partial charge in [-0.1, -0.05) is 55.3 Å². The molecule has 0 aromatic heterocycles. The maximum atomic E-state index is 12.7. The van der Waals surface area contributed by atoms with Gasteiger partial charge in [-0.05, 0) is 36.2 Å². The Hall–Kier alpha value is -2.59. The number of aliphatic hydroxyl groups excluding tert-OH is 1. The number of unbranched alkanes of at least 4 members (excludes halogenated alkanes) is 1. The lowest BCUT2D eigenvalue weighted by Crippen LogP contribution is -2.30. The van der Waals surface area contributed by atoms with Crippen LogP contribution in [0.1, 0.15) is 36.9 Å². The van der Waals surface area contributed by atoms with Crippen LogP contribution in [0.25, 0.3) is 5.76 Å². The van der Waals surface area contributed by atoms with E-state index >= 15 is 0 Å². The second-order valence-corrected chi connectivity index (χ2v) is 6.70. The van der Waals surface area contributed by atoms with E-state index in [9.17, 15) is 14.7 Å². The zero-order chi connectivity index (χ0) is 18.7. The first-order valence-electron chi connectivity index (χ1n) is 8.64. The highest BCUT2D eigenvalue weighted by Gasteiger charge is 2.45. The molecule has 0 saturated carbocycles. The van der Waals surface area contributed by atoms with E-state index in [2.05, 4.69) is 0 Å². The number of ketones is 1. The number of carbonyl (C=O) groups is 2. The molecule has 26 heavy (non-hydrogen) atoms. The molecule has 0 spiro atoms. The maximum Gasteiger partial charge on any atom is 0.295 e. The summed E-state index contributed by atoms with van der Waals surface area (Å²) in [4.78, 5) is 26.9. The van der Waals surface area contributed by atoms with Gasteiger partial charge >= 0.3 is 0 Å². The van der Waals surface area contributed by atoms with E-state index in [1.807, 2.05) is 37.3 Å². The largest absolute Gasteiger partial charge is 0.507 e. The fraction of sp³-hybridized carbons (Fsp3) is 0.238. The minimum atomic E-state index is -0.651. The van der Waals surface area contributed by atoms with E-state index in [-0.39, 0.29) is 11.3 Å². The van der Waals surface area contributed by atoms with Gasteiger partial charge in [0, 0.05) is 17.1 Å². The molecule has 1 fully saturated rings. The van der Waals surface area contributed by atoms with Crippen molar-refractivity contribution in [1.29, 1.82) is 0 Å². The first-order valence-corrected chi connectivity index (χ1v) is 9.01. The minimum Gasteiger partial charge on any atom is -0.507 e. The summed E-state index contributed by atoms with van der Waals surface area (Å²) in [5.41, 5.74) is 1.39. The fourth-order valence-electron chi connectivity index (χ4n) is 3.18. The third-order valence-electron chi connectivity index (χ3n) is 4.53. The van der Waals surface area contributed by atoms with Gasteiger partial charge in [0.15, 0.2) is 0 Å². The first-order chi connectivity index (χ1) is 12.5. The van der Waals surface area contributed by atoms with Crippen molar-refractivity contribution in [2.24, 2.45) is 0 Å². The molecule has 1 saturated heterocycles. The van der Waals surface area contributed by atoms with E-state index < -0.39 is 17.7 Å². The van der Waals surface area contributed by atoms with Crippen molar-refractivity contribution in [2.75, 3.05) is 6.54 Å². The van der Waals surface area contributed by atoms with Crippen molar-refractivity contribution < 1.29 is 14.7 Å². The van der Waals surface area contributed by atoms with Gasteiger partial charge in [-0.3, -0.25) is 9.59 Å². The Kier molecular flexibility index (Phi) is 5.43. The van der Waals surface area contributed by atoms with Crippen LogP contribution in [0.2, 0.25) is 5.02 Å². The molecule has 2 aromatic carbocycles. The van der Waals surface area contributed by atoms with Crippen LogP contribution in [0.15, 0.2) is 60.2 Å². The lowest BCUT2D eigenvalue weighted by atomic mass is 9.95. The van der Waals surface area contributed by atoms with Crippen molar-refractivity contribution in [1.82, 2.24) is 4.90 Å². The van der Waals surface area contributed by atoms with Crippen molar-refractivity contribution >= 4 is 29.1 Å². The lowest BCUT2D eigenvalue weighted by molar-refractivity contribution is -0.139. The minimum absolute atomic E-state index is 0.125. The van der Waals surface area contributed by atoms with E-state index in [1.165, 1.54) is 0 Å². The summed E-state index contributed by atoms with van der Waals surface area (Å²) in [7, 11) is 0. The van der Waals surface area contributed by atoms with Gasteiger partial charge in [0.05, 0.1) is 11.6 Å². The summed E-state index contributed by atoms with van der Waals surface area (Å²) in [5, 5.41) is 11.3. The number of benzene rings is 2. The highest BCUT2D eigenvalue weighted by atomic mass is 35.5. The number of halogens is 1. The normalized spacial score (nSPS) is 19.2. The second-order valence-electron chi connectivity index (χ2n) is 6.26. The monoisotopic (exact) mass is 369 g/mol. The van der Waals surface area contributed by atoms with Crippen LogP contribution in [0.5, 0.6) is 0 Å². The van der Waals surface area contributed by atoms with Crippen LogP contribution in [-0.2, 0) is 9.59 Å². The number of hydrogen-bond donors (Lipinski definition) is 1. The molecule has 0 radical (unpaired) electrons. The molecule has 1 aliphatic heterocycles. The number of nitrogens with zero attached hydrogens (tertiary/aromatic N) is 1. The van der Waals surface area contributed by atoms with Gasteiger partial charge in [-0.2, -0.15) is 0 Å². The standard InChI is InChI=1S/C21H20ClNO3/c1-2-3-13-23-18(14-7-5-4-6-8-14)17(20(25)21(23)26)19(24)15-9-11-16(22)12-10-15/h4-12,18,24H,2-3,13H2,1H3. The molecule has 2 aromatic rings. The van der Waals surface area contributed by atoms with Crippen molar-refractivity contribution in [3.05, 3.63) is 76.3 Å². The average Bonchev–Trinajstić information content (AvgIpc) is 2.91. The summed E-state index contributed by atoms with van der Waals surface area (Å²) in [6.07, 6.45) is 1.69. The number of amides is 1. The number of rotatable bonds is 5. The number of likely N-dealkylation sites (tertiary alicyclic amines) is 1. The smallest absolute Gasteiger partial charge is 0.295 e. The molecule has 5 heteroatoms.